The Morgan fingerprint density at radius 2 is 1.23 bits per heavy atom. The van der Waals surface area contributed by atoms with Crippen molar-refractivity contribution in [1.29, 1.82) is 0 Å². The minimum atomic E-state index is -4.67. The van der Waals surface area contributed by atoms with Crippen LogP contribution in [0.1, 0.15) is 6.92 Å². The van der Waals surface area contributed by atoms with Gasteiger partial charge in [-0.2, -0.15) is 8.42 Å². The maximum atomic E-state index is 12.3. The van der Waals surface area contributed by atoms with E-state index < -0.39 is 157 Å². The molecular formula is C27H51N7O21S. The molecule has 0 spiro atoms. The van der Waals surface area contributed by atoms with Crippen LogP contribution in [0.3, 0.4) is 0 Å². The Morgan fingerprint density at radius 1 is 0.714 bits per heavy atom. The lowest BCUT2D eigenvalue weighted by atomic mass is 9.81. The summed E-state index contributed by atoms with van der Waals surface area (Å²) < 4.78 is 66.2. The Morgan fingerprint density at radius 3 is 1.73 bits per heavy atom. The SMILES string of the molecule is CNC1C(OC2C(OC3C(O)C(O)C(N=C(N)N)C(O)C3N=C(N)N)OC(C)C2(O)C=O)OC(CO)C(OC2OC(CO)C(O)C(O)C2O)C1O.O=S(=O)(O)O. The van der Waals surface area contributed by atoms with Crippen LogP contribution in [0.15, 0.2) is 9.98 Å². The molecule has 0 amide bonds. The zero-order chi connectivity index (χ0) is 42.6. The average molecular weight is 842 g/mol. The number of rotatable bonds is 12. The zero-order valence-corrected chi connectivity index (χ0v) is 30.4. The first-order valence-electron chi connectivity index (χ1n) is 16.6. The van der Waals surface area contributed by atoms with Gasteiger partial charge in [0.2, 0.25) is 0 Å². The summed E-state index contributed by atoms with van der Waals surface area (Å²) in [6.45, 7) is -0.340. The second-order valence-corrected chi connectivity index (χ2v) is 14.0. The van der Waals surface area contributed by atoms with Crippen LogP contribution < -0.4 is 28.3 Å². The summed E-state index contributed by atoms with van der Waals surface area (Å²) in [5.74, 6) is -1.11. The van der Waals surface area contributed by atoms with Gasteiger partial charge in [-0.05, 0) is 14.0 Å². The minimum Gasteiger partial charge on any atom is -0.394 e. The number of aliphatic hydroxyl groups is 10. The highest BCUT2D eigenvalue weighted by atomic mass is 32.3. The van der Waals surface area contributed by atoms with Crippen LogP contribution >= 0.6 is 0 Å². The predicted octanol–water partition coefficient (Wildman–Crippen LogP) is -11.0. The fraction of sp³-hybridized carbons (Fsp3) is 0.889. The molecule has 20 unspecified atom stereocenters. The first-order chi connectivity index (χ1) is 25.9. The summed E-state index contributed by atoms with van der Waals surface area (Å²) in [6.07, 6.45) is -27.0. The van der Waals surface area contributed by atoms with Gasteiger partial charge in [-0.1, -0.05) is 0 Å². The van der Waals surface area contributed by atoms with Crippen molar-refractivity contribution in [2.45, 2.75) is 129 Å². The first kappa shape index (κ1) is 47.8. The zero-order valence-electron chi connectivity index (χ0n) is 29.6. The summed E-state index contributed by atoms with van der Waals surface area (Å²) in [5, 5.41) is 109. The number of aldehydes is 1. The van der Waals surface area contributed by atoms with Gasteiger partial charge < -0.3 is 108 Å². The molecule has 20 atom stereocenters. The van der Waals surface area contributed by atoms with E-state index in [4.69, 9.17) is 68.9 Å². The molecule has 0 radical (unpaired) electrons. The highest BCUT2D eigenvalue weighted by molar-refractivity contribution is 7.79. The first-order valence-corrected chi connectivity index (χ1v) is 18.0. The topological polar surface area (TPSA) is 490 Å². The smallest absolute Gasteiger partial charge is 0.394 e. The molecule has 0 aromatic rings. The number of nitrogens with two attached hydrogens (primary N) is 4. The second kappa shape index (κ2) is 19.4. The number of aliphatic imine (C=N–C) groups is 2. The molecule has 4 fully saturated rings. The van der Waals surface area contributed by atoms with E-state index in [0.717, 1.165) is 0 Å². The van der Waals surface area contributed by atoms with Gasteiger partial charge in [-0.15, -0.1) is 0 Å². The molecule has 0 aromatic carbocycles. The van der Waals surface area contributed by atoms with Crippen molar-refractivity contribution in [3.05, 3.63) is 0 Å². The third-order valence-electron chi connectivity index (χ3n) is 9.45. The van der Waals surface area contributed by atoms with E-state index in [1.165, 1.54) is 14.0 Å². The third kappa shape index (κ3) is 10.7. The molecule has 1 aliphatic carbocycles. The molecule has 3 heterocycles. The molecule has 1 saturated carbocycles. The van der Waals surface area contributed by atoms with Gasteiger partial charge in [0.15, 0.2) is 42.7 Å². The number of guanidine groups is 2. The van der Waals surface area contributed by atoms with Crippen molar-refractivity contribution in [2.24, 2.45) is 32.9 Å². The maximum Gasteiger partial charge on any atom is 0.394 e. The van der Waals surface area contributed by atoms with Gasteiger partial charge in [-0.3, -0.25) is 13.9 Å². The van der Waals surface area contributed by atoms with Crippen molar-refractivity contribution in [2.75, 3.05) is 20.3 Å². The molecule has 3 aliphatic heterocycles. The number of carbonyl (C=O) groups excluding carboxylic acids is 1. The molecule has 28 nitrogen and oxygen atoms in total. The summed E-state index contributed by atoms with van der Waals surface area (Å²) in [5.41, 5.74) is 19.4. The highest BCUT2D eigenvalue weighted by Crippen LogP contribution is 2.39. The average Bonchev–Trinajstić information content (AvgIpc) is 3.34. The van der Waals surface area contributed by atoms with Crippen molar-refractivity contribution in [3.63, 3.8) is 0 Å². The molecule has 4 aliphatic rings. The monoisotopic (exact) mass is 841 g/mol. The van der Waals surface area contributed by atoms with Crippen LogP contribution in [0.2, 0.25) is 0 Å². The Balaban J connectivity index is 0.00000158. The molecule has 3 saturated heterocycles. The van der Waals surface area contributed by atoms with E-state index in [1.54, 1.807) is 0 Å². The summed E-state index contributed by atoms with van der Waals surface area (Å²) in [7, 11) is -3.31. The van der Waals surface area contributed by atoms with Crippen LogP contribution in [-0.2, 0) is 43.6 Å². The van der Waals surface area contributed by atoms with E-state index in [2.05, 4.69) is 15.3 Å². The lowest BCUT2D eigenvalue weighted by Gasteiger charge is -2.48. The number of carbonyl (C=O) groups is 1. The quantitative estimate of drug-likeness (QED) is 0.0375. The number of aliphatic hydroxyl groups excluding tert-OH is 9. The van der Waals surface area contributed by atoms with Crippen molar-refractivity contribution >= 4 is 28.6 Å². The van der Waals surface area contributed by atoms with Gasteiger partial charge in [0.05, 0.1) is 25.4 Å². The largest absolute Gasteiger partial charge is 0.394 e. The third-order valence-corrected chi connectivity index (χ3v) is 9.45. The summed E-state index contributed by atoms with van der Waals surface area (Å²) in [6, 6.07) is -4.40. The van der Waals surface area contributed by atoms with Gasteiger partial charge >= 0.3 is 10.4 Å². The molecular weight excluding hydrogens is 790 g/mol. The normalized spacial score (nSPS) is 45.6. The number of ether oxygens (including phenoxy) is 6. The number of hydrogen-bond acceptors (Lipinski definition) is 22. The van der Waals surface area contributed by atoms with Gasteiger partial charge in [-0.25, -0.2) is 9.98 Å². The molecule has 56 heavy (non-hydrogen) atoms. The summed E-state index contributed by atoms with van der Waals surface area (Å²) >= 11 is 0. The van der Waals surface area contributed by atoms with Crippen molar-refractivity contribution in [3.8, 4) is 0 Å². The van der Waals surface area contributed by atoms with E-state index in [0.29, 0.717) is 0 Å². The van der Waals surface area contributed by atoms with Crippen molar-refractivity contribution < 1.29 is 102 Å². The van der Waals surface area contributed by atoms with Crippen LogP contribution in [0.25, 0.3) is 0 Å². The predicted molar refractivity (Wildman–Crippen MR) is 180 cm³/mol. The van der Waals surface area contributed by atoms with Crippen molar-refractivity contribution in [1.82, 2.24) is 5.32 Å². The molecule has 326 valence electrons. The van der Waals surface area contributed by atoms with E-state index in [9.17, 15) is 55.9 Å². The molecule has 4 rings (SSSR count). The lowest BCUT2D eigenvalue weighted by Crippen LogP contribution is -2.68. The van der Waals surface area contributed by atoms with Gasteiger partial charge in [0.1, 0.15) is 85.3 Å². The Labute approximate surface area is 317 Å². The van der Waals surface area contributed by atoms with E-state index in [1.807, 2.05) is 0 Å². The molecule has 21 N–H and O–H groups in total. The highest BCUT2D eigenvalue weighted by Gasteiger charge is 2.61. The molecule has 0 aromatic heterocycles. The second-order valence-electron chi connectivity index (χ2n) is 13.1. The lowest BCUT2D eigenvalue weighted by molar-refractivity contribution is -0.357. The van der Waals surface area contributed by atoms with Gasteiger partial charge in [0, 0.05) is 0 Å². The summed E-state index contributed by atoms with van der Waals surface area (Å²) in [4.78, 5) is 20.0. The number of nitrogens with one attached hydrogen (secondary N) is 1. The Bertz CT molecular complexity index is 1450. The minimum absolute atomic E-state index is 0.0944. The number of likely N-dealkylation sites (N-methyl/N-ethyl adjacent to an activating group) is 1. The number of hydrogen-bond donors (Lipinski definition) is 17. The van der Waals surface area contributed by atoms with E-state index >= 15 is 0 Å². The van der Waals surface area contributed by atoms with Crippen LogP contribution in [0.4, 0.5) is 0 Å². The van der Waals surface area contributed by atoms with Crippen LogP contribution in [-0.4, -0.2) is 229 Å². The molecule has 29 heteroatoms. The standard InChI is InChI=1S/C27H49N7O17.H2O4S/c1-6-27(45,5-37)21(24(46-6)50-20-10(34-26(30)31)13(39)9(33-25(28)29)14(40)17(20)43)51-22-11(32-2)15(41)19(8(4-36)48-22)49-23-18(44)16(42)12(38)7(3-35)47-23;1-5(2,3)4/h5-24,32,35-36,38-45H,3-4H2,1-2H3,(H4,28,29,33)(H4,30,31,34);(H2,1,2,3,4). The Kier molecular flexibility index (Phi) is 16.6. The fourth-order valence-electron chi connectivity index (χ4n) is 6.57. The van der Waals surface area contributed by atoms with Gasteiger partial charge in [0.25, 0.3) is 0 Å². The maximum absolute atomic E-state index is 12.3. The van der Waals surface area contributed by atoms with Crippen LogP contribution in [0, 0.1) is 0 Å². The van der Waals surface area contributed by atoms with E-state index in [-0.39, 0.29) is 6.29 Å². The Hall–Kier alpha value is -2.60. The fourth-order valence-corrected chi connectivity index (χ4v) is 6.57. The number of nitrogens with zero attached hydrogens (tertiary/aromatic N) is 2. The van der Waals surface area contributed by atoms with Crippen LogP contribution in [0.5, 0.6) is 0 Å². The molecule has 0 bridgehead atoms.